The number of non-ortho nitro benzene ring substituents is 1. The van der Waals surface area contributed by atoms with Gasteiger partial charge in [-0.1, -0.05) is 13.8 Å². The molecule has 1 atom stereocenters. The Morgan fingerprint density at radius 3 is 2.70 bits per heavy atom. The predicted octanol–water partition coefficient (Wildman–Crippen LogP) is 3.66. The molecule has 1 aliphatic carbocycles. The van der Waals surface area contributed by atoms with Crippen LogP contribution in [-0.2, 0) is 0 Å². The number of aryl methyl sites for hydroxylation is 1. The molecule has 0 radical (unpaired) electrons. The Balaban J connectivity index is 2.11. The summed E-state index contributed by atoms with van der Waals surface area (Å²) in [4.78, 5) is 14.9. The number of nitro groups is 1. The first-order valence-corrected chi connectivity index (χ1v) is 6.69. The standard InChI is InChI=1S/C15H17N3O2/c1-9-6-10-11(8-16-9)13(18(19)20)5-4-12(10)17-14-7-15(14,2)3/h4-6,8,14,17H,7H2,1-3H3. The first kappa shape index (κ1) is 12.8. The van der Waals surface area contributed by atoms with Crippen molar-refractivity contribution in [3.05, 3.63) is 40.2 Å². The molecule has 1 saturated carbocycles. The number of rotatable bonds is 3. The highest BCUT2D eigenvalue weighted by Crippen LogP contribution is 2.47. The molecule has 1 aromatic heterocycles. The molecule has 1 unspecified atom stereocenters. The molecule has 1 aliphatic rings. The van der Waals surface area contributed by atoms with Crippen molar-refractivity contribution >= 4 is 22.1 Å². The predicted molar refractivity (Wildman–Crippen MR) is 78.9 cm³/mol. The van der Waals surface area contributed by atoms with Crippen LogP contribution in [0.25, 0.3) is 10.8 Å². The zero-order chi connectivity index (χ0) is 14.5. The van der Waals surface area contributed by atoms with E-state index in [9.17, 15) is 10.1 Å². The maximum atomic E-state index is 11.1. The molecular weight excluding hydrogens is 254 g/mol. The van der Waals surface area contributed by atoms with Crippen LogP contribution in [0.15, 0.2) is 24.4 Å². The summed E-state index contributed by atoms with van der Waals surface area (Å²) in [7, 11) is 0. The maximum Gasteiger partial charge on any atom is 0.278 e. The molecule has 1 fully saturated rings. The van der Waals surface area contributed by atoms with E-state index in [0.717, 1.165) is 23.2 Å². The lowest BCUT2D eigenvalue weighted by Crippen LogP contribution is -2.09. The lowest BCUT2D eigenvalue weighted by atomic mass is 10.1. The number of nitro benzene ring substituents is 1. The molecule has 3 rings (SSSR count). The van der Waals surface area contributed by atoms with Crippen LogP contribution in [0.3, 0.4) is 0 Å². The number of hydrogen-bond donors (Lipinski definition) is 1. The number of nitrogens with one attached hydrogen (secondary N) is 1. The SMILES string of the molecule is Cc1cc2c(NC3CC3(C)C)ccc([N+](=O)[O-])c2cn1. The van der Waals surface area contributed by atoms with Crippen LogP contribution < -0.4 is 5.32 Å². The summed E-state index contributed by atoms with van der Waals surface area (Å²) in [5, 5.41) is 16.1. The fourth-order valence-corrected chi connectivity index (χ4v) is 2.51. The molecule has 20 heavy (non-hydrogen) atoms. The lowest BCUT2D eigenvalue weighted by Gasteiger charge is -2.12. The van der Waals surface area contributed by atoms with E-state index in [4.69, 9.17) is 0 Å². The van der Waals surface area contributed by atoms with E-state index in [1.165, 1.54) is 0 Å². The number of pyridine rings is 1. The van der Waals surface area contributed by atoms with Crippen LogP contribution in [0.2, 0.25) is 0 Å². The summed E-state index contributed by atoms with van der Waals surface area (Å²) in [6.07, 6.45) is 2.71. The highest BCUT2D eigenvalue weighted by molar-refractivity contribution is 5.99. The van der Waals surface area contributed by atoms with E-state index < -0.39 is 0 Å². The Labute approximate surface area is 117 Å². The van der Waals surface area contributed by atoms with Crippen molar-refractivity contribution in [3.8, 4) is 0 Å². The third-order valence-electron chi connectivity index (χ3n) is 4.05. The normalized spacial score (nSPS) is 19.9. The Kier molecular flexibility index (Phi) is 2.67. The summed E-state index contributed by atoms with van der Waals surface area (Å²) in [6, 6.07) is 5.69. The quantitative estimate of drug-likeness (QED) is 0.683. The van der Waals surface area contributed by atoms with Crippen molar-refractivity contribution < 1.29 is 4.92 Å². The van der Waals surface area contributed by atoms with Gasteiger partial charge in [0.05, 0.1) is 10.3 Å². The van der Waals surface area contributed by atoms with E-state index in [-0.39, 0.29) is 10.6 Å². The second-order valence-electron chi connectivity index (χ2n) is 6.15. The van der Waals surface area contributed by atoms with E-state index in [2.05, 4.69) is 24.1 Å². The summed E-state index contributed by atoms with van der Waals surface area (Å²) < 4.78 is 0. The molecule has 0 aliphatic heterocycles. The molecule has 0 saturated heterocycles. The van der Waals surface area contributed by atoms with Crippen LogP contribution in [-0.4, -0.2) is 15.9 Å². The fourth-order valence-electron chi connectivity index (χ4n) is 2.51. The van der Waals surface area contributed by atoms with Crippen LogP contribution in [0.5, 0.6) is 0 Å². The van der Waals surface area contributed by atoms with Gasteiger partial charge in [0.25, 0.3) is 5.69 Å². The first-order valence-electron chi connectivity index (χ1n) is 6.69. The van der Waals surface area contributed by atoms with Crippen LogP contribution in [0.4, 0.5) is 11.4 Å². The van der Waals surface area contributed by atoms with Crippen molar-refractivity contribution in [2.75, 3.05) is 5.32 Å². The molecule has 0 spiro atoms. The van der Waals surface area contributed by atoms with Gasteiger partial charge < -0.3 is 5.32 Å². The van der Waals surface area contributed by atoms with Crippen molar-refractivity contribution in [3.63, 3.8) is 0 Å². The van der Waals surface area contributed by atoms with Gasteiger partial charge in [0.1, 0.15) is 0 Å². The van der Waals surface area contributed by atoms with E-state index >= 15 is 0 Å². The van der Waals surface area contributed by atoms with Crippen molar-refractivity contribution in [2.45, 2.75) is 33.2 Å². The molecule has 1 heterocycles. The van der Waals surface area contributed by atoms with Crippen LogP contribution in [0, 0.1) is 22.5 Å². The summed E-state index contributed by atoms with van der Waals surface area (Å²) in [6.45, 7) is 6.32. The molecule has 1 aromatic carbocycles. The minimum atomic E-state index is -0.357. The number of hydrogen-bond acceptors (Lipinski definition) is 4. The average molecular weight is 271 g/mol. The van der Waals surface area contributed by atoms with Gasteiger partial charge in [-0.25, -0.2) is 0 Å². The van der Waals surface area contributed by atoms with Crippen LogP contribution in [0.1, 0.15) is 26.0 Å². The number of anilines is 1. The van der Waals surface area contributed by atoms with Gasteiger partial charge in [0.2, 0.25) is 0 Å². The molecule has 1 N–H and O–H groups in total. The summed E-state index contributed by atoms with van der Waals surface area (Å²) >= 11 is 0. The van der Waals surface area contributed by atoms with Crippen molar-refractivity contribution in [2.24, 2.45) is 5.41 Å². The minimum absolute atomic E-state index is 0.105. The van der Waals surface area contributed by atoms with Gasteiger partial charge >= 0.3 is 0 Å². The van der Waals surface area contributed by atoms with Gasteiger partial charge in [-0.15, -0.1) is 0 Å². The molecule has 2 aromatic rings. The average Bonchev–Trinajstić information content (AvgIpc) is 2.96. The van der Waals surface area contributed by atoms with E-state index in [1.54, 1.807) is 18.3 Å². The van der Waals surface area contributed by atoms with Gasteiger partial charge in [0, 0.05) is 35.1 Å². The molecule has 0 bridgehead atoms. The zero-order valence-corrected chi connectivity index (χ0v) is 11.8. The molecule has 5 heteroatoms. The monoisotopic (exact) mass is 271 g/mol. The number of aromatic nitrogens is 1. The number of nitrogens with zero attached hydrogens (tertiary/aromatic N) is 2. The van der Waals surface area contributed by atoms with E-state index in [1.807, 2.05) is 13.0 Å². The van der Waals surface area contributed by atoms with Crippen molar-refractivity contribution in [1.29, 1.82) is 0 Å². The molecular formula is C15H17N3O2. The molecule has 5 nitrogen and oxygen atoms in total. The topological polar surface area (TPSA) is 68.1 Å². The minimum Gasteiger partial charge on any atom is -0.381 e. The number of fused-ring (bicyclic) bond motifs is 1. The van der Waals surface area contributed by atoms with Gasteiger partial charge in [0.15, 0.2) is 0 Å². The highest BCUT2D eigenvalue weighted by Gasteiger charge is 2.45. The Morgan fingerprint density at radius 2 is 2.10 bits per heavy atom. The maximum absolute atomic E-state index is 11.1. The fraction of sp³-hybridized carbons (Fsp3) is 0.400. The highest BCUT2D eigenvalue weighted by atomic mass is 16.6. The van der Waals surface area contributed by atoms with Crippen molar-refractivity contribution in [1.82, 2.24) is 4.98 Å². The molecule has 104 valence electrons. The number of benzene rings is 1. The second-order valence-corrected chi connectivity index (χ2v) is 6.15. The smallest absolute Gasteiger partial charge is 0.278 e. The Bertz CT molecular complexity index is 710. The first-order chi connectivity index (χ1) is 9.38. The van der Waals surface area contributed by atoms with Gasteiger partial charge in [-0.2, -0.15) is 0 Å². The lowest BCUT2D eigenvalue weighted by molar-refractivity contribution is -0.383. The van der Waals surface area contributed by atoms with Crippen LogP contribution >= 0.6 is 0 Å². The van der Waals surface area contributed by atoms with Gasteiger partial charge in [-0.05, 0) is 30.9 Å². The summed E-state index contributed by atoms with van der Waals surface area (Å²) in [5.74, 6) is 0. The third kappa shape index (κ3) is 2.09. The Hall–Kier alpha value is -2.17. The van der Waals surface area contributed by atoms with Gasteiger partial charge in [-0.3, -0.25) is 15.1 Å². The largest absolute Gasteiger partial charge is 0.381 e. The van der Waals surface area contributed by atoms with E-state index in [0.29, 0.717) is 16.8 Å². The zero-order valence-electron chi connectivity index (χ0n) is 11.8. The third-order valence-corrected chi connectivity index (χ3v) is 4.05. The summed E-state index contributed by atoms with van der Waals surface area (Å²) in [5.41, 5.74) is 2.21. The molecule has 0 amide bonds. The second kappa shape index (κ2) is 4.16. The Morgan fingerprint density at radius 1 is 1.40 bits per heavy atom.